The SMILES string of the molecule is CCC(NCc1ccc(C2CC2C)o1)c1ccc(Br)cc1. The summed E-state index contributed by atoms with van der Waals surface area (Å²) in [4.78, 5) is 0. The van der Waals surface area contributed by atoms with E-state index in [0.29, 0.717) is 12.0 Å². The Balaban J connectivity index is 1.59. The van der Waals surface area contributed by atoms with Crippen LogP contribution in [0.15, 0.2) is 45.3 Å². The van der Waals surface area contributed by atoms with E-state index in [1.54, 1.807) is 0 Å². The van der Waals surface area contributed by atoms with Gasteiger partial charge < -0.3 is 9.73 Å². The average Bonchev–Trinajstić information content (AvgIpc) is 3.03. The van der Waals surface area contributed by atoms with Crippen molar-refractivity contribution in [1.82, 2.24) is 5.32 Å². The van der Waals surface area contributed by atoms with Crippen LogP contribution in [0.1, 0.15) is 55.7 Å². The molecule has 3 heteroatoms. The summed E-state index contributed by atoms with van der Waals surface area (Å²) in [5, 5.41) is 3.60. The molecule has 2 aromatic rings. The molecule has 0 aliphatic heterocycles. The first-order chi connectivity index (χ1) is 10.2. The van der Waals surface area contributed by atoms with E-state index in [-0.39, 0.29) is 0 Å². The molecule has 1 aliphatic carbocycles. The molecule has 1 aromatic heterocycles. The molecule has 1 saturated carbocycles. The van der Waals surface area contributed by atoms with Crippen molar-refractivity contribution in [2.75, 3.05) is 0 Å². The van der Waals surface area contributed by atoms with Gasteiger partial charge >= 0.3 is 0 Å². The van der Waals surface area contributed by atoms with E-state index in [9.17, 15) is 0 Å². The minimum absolute atomic E-state index is 0.367. The van der Waals surface area contributed by atoms with Gasteiger partial charge in [-0.15, -0.1) is 0 Å². The molecule has 3 rings (SSSR count). The fourth-order valence-electron chi connectivity index (χ4n) is 2.82. The number of halogens is 1. The van der Waals surface area contributed by atoms with Crippen molar-refractivity contribution in [3.8, 4) is 0 Å². The van der Waals surface area contributed by atoms with Gasteiger partial charge in [-0.1, -0.05) is 41.9 Å². The molecule has 0 saturated heterocycles. The van der Waals surface area contributed by atoms with Crippen molar-refractivity contribution >= 4 is 15.9 Å². The van der Waals surface area contributed by atoms with Gasteiger partial charge in [0.05, 0.1) is 6.54 Å². The summed E-state index contributed by atoms with van der Waals surface area (Å²) in [6, 6.07) is 13.2. The molecule has 0 radical (unpaired) electrons. The van der Waals surface area contributed by atoms with E-state index in [2.05, 4.69) is 71.5 Å². The van der Waals surface area contributed by atoms with E-state index in [4.69, 9.17) is 4.42 Å². The zero-order chi connectivity index (χ0) is 14.8. The summed E-state index contributed by atoms with van der Waals surface area (Å²) in [5.41, 5.74) is 1.32. The Morgan fingerprint density at radius 3 is 2.57 bits per heavy atom. The lowest BCUT2D eigenvalue weighted by Crippen LogP contribution is -2.19. The van der Waals surface area contributed by atoms with Crippen LogP contribution in [0, 0.1) is 5.92 Å². The summed E-state index contributed by atoms with van der Waals surface area (Å²) >= 11 is 3.48. The van der Waals surface area contributed by atoms with E-state index in [1.165, 1.54) is 12.0 Å². The second-order valence-corrected chi connectivity index (χ2v) is 6.93. The molecule has 0 bridgehead atoms. The number of nitrogens with one attached hydrogen (secondary N) is 1. The van der Waals surface area contributed by atoms with Crippen molar-refractivity contribution in [2.24, 2.45) is 5.92 Å². The van der Waals surface area contributed by atoms with Crippen LogP contribution in [0.2, 0.25) is 0 Å². The Morgan fingerprint density at radius 2 is 1.95 bits per heavy atom. The lowest BCUT2D eigenvalue weighted by molar-refractivity contribution is 0.419. The lowest BCUT2D eigenvalue weighted by atomic mass is 10.0. The predicted octanol–water partition coefficient (Wildman–Crippen LogP) is 5.41. The van der Waals surface area contributed by atoms with Crippen LogP contribution in [0.5, 0.6) is 0 Å². The van der Waals surface area contributed by atoms with Gasteiger partial charge in [-0.2, -0.15) is 0 Å². The Bertz CT molecular complexity index is 590. The quantitative estimate of drug-likeness (QED) is 0.755. The van der Waals surface area contributed by atoms with E-state index < -0.39 is 0 Å². The Kier molecular flexibility index (Phi) is 4.51. The minimum Gasteiger partial charge on any atom is -0.464 e. The van der Waals surface area contributed by atoms with Gasteiger partial charge in [0, 0.05) is 16.4 Å². The topological polar surface area (TPSA) is 25.2 Å². The number of furan rings is 1. The maximum Gasteiger partial charge on any atom is 0.117 e. The molecule has 1 fully saturated rings. The van der Waals surface area contributed by atoms with Crippen LogP contribution in [0.25, 0.3) is 0 Å². The van der Waals surface area contributed by atoms with Gasteiger partial charge in [-0.05, 0) is 48.6 Å². The molecule has 1 N–H and O–H groups in total. The van der Waals surface area contributed by atoms with Crippen molar-refractivity contribution in [1.29, 1.82) is 0 Å². The van der Waals surface area contributed by atoms with Gasteiger partial charge in [-0.3, -0.25) is 0 Å². The lowest BCUT2D eigenvalue weighted by Gasteiger charge is -2.16. The first-order valence-corrected chi connectivity index (χ1v) is 8.54. The summed E-state index contributed by atoms with van der Waals surface area (Å²) in [6.45, 7) is 5.28. The smallest absolute Gasteiger partial charge is 0.117 e. The van der Waals surface area contributed by atoms with Gasteiger partial charge in [0.1, 0.15) is 11.5 Å². The van der Waals surface area contributed by atoms with Crippen LogP contribution in [-0.2, 0) is 6.54 Å². The first-order valence-electron chi connectivity index (χ1n) is 7.74. The number of benzene rings is 1. The monoisotopic (exact) mass is 347 g/mol. The molecule has 21 heavy (non-hydrogen) atoms. The highest BCUT2D eigenvalue weighted by Gasteiger charge is 2.36. The fraction of sp³-hybridized carbons (Fsp3) is 0.444. The molecule has 112 valence electrons. The normalized spacial score (nSPS) is 22.2. The third-order valence-corrected chi connectivity index (χ3v) is 4.89. The zero-order valence-corrected chi connectivity index (χ0v) is 14.2. The van der Waals surface area contributed by atoms with Gasteiger partial charge in [-0.25, -0.2) is 0 Å². The van der Waals surface area contributed by atoms with E-state index >= 15 is 0 Å². The second-order valence-electron chi connectivity index (χ2n) is 6.02. The van der Waals surface area contributed by atoms with Crippen LogP contribution in [0.3, 0.4) is 0 Å². The summed E-state index contributed by atoms with van der Waals surface area (Å²) in [7, 11) is 0. The minimum atomic E-state index is 0.367. The van der Waals surface area contributed by atoms with Crippen molar-refractivity contribution < 1.29 is 4.42 Å². The zero-order valence-electron chi connectivity index (χ0n) is 12.6. The van der Waals surface area contributed by atoms with E-state index in [0.717, 1.165) is 34.9 Å². The fourth-order valence-corrected chi connectivity index (χ4v) is 3.09. The molecule has 3 unspecified atom stereocenters. The van der Waals surface area contributed by atoms with Crippen molar-refractivity contribution in [2.45, 2.75) is 45.2 Å². The number of hydrogen-bond donors (Lipinski definition) is 1. The van der Waals surface area contributed by atoms with Crippen LogP contribution < -0.4 is 5.32 Å². The van der Waals surface area contributed by atoms with E-state index in [1.807, 2.05) is 0 Å². The molecule has 1 aromatic carbocycles. The molecule has 0 spiro atoms. The average molecular weight is 348 g/mol. The largest absolute Gasteiger partial charge is 0.464 e. The maximum atomic E-state index is 5.96. The molecular formula is C18H22BrNO. The highest BCUT2D eigenvalue weighted by Crippen LogP contribution is 2.47. The molecule has 2 nitrogen and oxygen atoms in total. The number of rotatable bonds is 6. The Labute approximate surface area is 135 Å². The van der Waals surface area contributed by atoms with Gasteiger partial charge in [0.15, 0.2) is 0 Å². The Morgan fingerprint density at radius 1 is 1.24 bits per heavy atom. The molecule has 1 heterocycles. The summed E-state index contributed by atoms with van der Waals surface area (Å²) in [5.74, 6) is 3.66. The van der Waals surface area contributed by atoms with Crippen LogP contribution >= 0.6 is 15.9 Å². The van der Waals surface area contributed by atoms with Gasteiger partial charge in [0.2, 0.25) is 0 Å². The molecule has 0 amide bonds. The van der Waals surface area contributed by atoms with Gasteiger partial charge in [0.25, 0.3) is 0 Å². The first kappa shape index (κ1) is 14.9. The number of hydrogen-bond acceptors (Lipinski definition) is 2. The molecular weight excluding hydrogens is 326 g/mol. The molecule has 3 atom stereocenters. The highest BCUT2D eigenvalue weighted by molar-refractivity contribution is 9.10. The van der Waals surface area contributed by atoms with Crippen LogP contribution in [-0.4, -0.2) is 0 Å². The summed E-state index contributed by atoms with van der Waals surface area (Å²) in [6.07, 6.45) is 2.34. The highest BCUT2D eigenvalue weighted by atomic mass is 79.9. The Hall–Kier alpha value is -1.06. The summed E-state index contributed by atoms with van der Waals surface area (Å²) < 4.78 is 7.08. The van der Waals surface area contributed by atoms with Crippen LogP contribution in [0.4, 0.5) is 0 Å². The second kappa shape index (κ2) is 6.37. The maximum absolute atomic E-state index is 5.96. The standard InChI is InChI=1S/C18H22BrNO/c1-3-17(13-4-6-14(19)7-5-13)20-11-15-8-9-18(21-15)16-10-12(16)2/h4-9,12,16-17,20H,3,10-11H2,1-2H3. The van der Waals surface area contributed by atoms with Crippen molar-refractivity contribution in [3.63, 3.8) is 0 Å². The molecule has 1 aliphatic rings. The van der Waals surface area contributed by atoms with Crippen molar-refractivity contribution in [3.05, 3.63) is 58.0 Å². The third kappa shape index (κ3) is 3.58. The third-order valence-electron chi connectivity index (χ3n) is 4.36. The predicted molar refractivity (Wildman–Crippen MR) is 89.2 cm³/mol.